The average molecular weight is 324 g/mol. The topological polar surface area (TPSA) is 29.5 Å². The molecule has 0 heterocycles. The summed E-state index contributed by atoms with van der Waals surface area (Å²) in [5, 5.41) is 0. The van der Waals surface area contributed by atoms with Gasteiger partial charge in [-0.15, -0.1) is 11.6 Å². The second kappa shape index (κ2) is 7.66. The van der Waals surface area contributed by atoms with Gasteiger partial charge in [0.2, 0.25) is 5.91 Å². The lowest BCUT2D eigenvalue weighted by Crippen LogP contribution is -2.36. The molecule has 1 amide bonds. The zero-order valence-corrected chi connectivity index (χ0v) is 12.6. The summed E-state index contributed by atoms with van der Waals surface area (Å²) in [5.74, 6) is -1.05. The fraction of sp³-hybridized carbons (Fsp3) is 0.500. The molecule has 0 atom stereocenters. The number of carbonyl (C=O) groups excluding carboxylic acids is 1. The smallest absolute Gasteiger partial charge is 0.364 e. The van der Waals surface area contributed by atoms with E-state index in [2.05, 4.69) is 0 Å². The van der Waals surface area contributed by atoms with Crippen molar-refractivity contribution in [1.29, 1.82) is 0 Å². The molecular weight excluding hydrogens is 307 g/mol. The van der Waals surface area contributed by atoms with E-state index < -0.39 is 23.5 Å². The van der Waals surface area contributed by atoms with Crippen LogP contribution in [0, 0.1) is 0 Å². The Hall–Kier alpha value is -1.27. The third-order valence-electron chi connectivity index (χ3n) is 2.89. The van der Waals surface area contributed by atoms with Crippen molar-refractivity contribution in [2.45, 2.75) is 25.9 Å². The highest BCUT2D eigenvalue weighted by atomic mass is 35.5. The lowest BCUT2D eigenvalue weighted by atomic mass is 10.0. The Kier molecular flexibility index (Phi) is 6.48. The molecule has 0 aromatic heterocycles. The number of ether oxygens (including phenoxy) is 1. The van der Waals surface area contributed by atoms with E-state index in [9.17, 15) is 18.0 Å². The van der Waals surface area contributed by atoms with Crippen molar-refractivity contribution in [2.24, 2.45) is 0 Å². The predicted molar refractivity (Wildman–Crippen MR) is 75.5 cm³/mol. The number of halogens is 4. The number of para-hydroxylation sites is 1. The molecule has 1 rings (SSSR count). The first-order valence-corrected chi connectivity index (χ1v) is 6.94. The fourth-order valence-electron chi connectivity index (χ4n) is 2.07. The molecule has 0 aliphatic carbocycles. The Morgan fingerprint density at radius 3 is 2.52 bits per heavy atom. The van der Waals surface area contributed by atoms with Crippen molar-refractivity contribution in [3.05, 3.63) is 29.3 Å². The van der Waals surface area contributed by atoms with Crippen LogP contribution in [0.5, 0.6) is 0 Å². The van der Waals surface area contributed by atoms with Crippen LogP contribution in [0.1, 0.15) is 24.5 Å². The lowest BCUT2D eigenvalue weighted by Gasteiger charge is -2.27. The summed E-state index contributed by atoms with van der Waals surface area (Å²) in [4.78, 5) is 12.8. The van der Waals surface area contributed by atoms with Crippen molar-refractivity contribution in [3.8, 4) is 0 Å². The molecule has 7 heteroatoms. The van der Waals surface area contributed by atoms with E-state index >= 15 is 0 Å². The largest absolute Gasteiger partial charge is 0.418 e. The van der Waals surface area contributed by atoms with Crippen molar-refractivity contribution in [2.75, 3.05) is 24.6 Å². The summed E-state index contributed by atoms with van der Waals surface area (Å²) in [6.45, 7) is 1.57. The second-order valence-electron chi connectivity index (χ2n) is 4.43. The van der Waals surface area contributed by atoms with Crippen molar-refractivity contribution in [1.82, 2.24) is 0 Å². The van der Waals surface area contributed by atoms with Gasteiger partial charge in [-0.05, 0) is 18.1 Å². The molecule has 0 aliphatic heterocycles. The van der Waals surface area contributed by atoms with Gasteiger partial charge in [-0.3, -0.25) is 9.69 Å². The van der Waals surface area contributed by atoms with Crippen molar-refractivity contribution >= 4 is 23.2 Å². The fourth-order valence-corrected chi connectivity index (χ4v) is 2.22. The van der Waals surface area contributed by atoms with Crippen LogP contribution in [0.25, 0.3) is 0 Å². The molecule has 118 valence electrons. The minimum Gasteiger partial charge on any atom is -0.364 e. The third kappa shape index (κ3) is 4.35. The van der Waals surface area contributed by atoms with Crippen LogP contribution < -0.4 is 4.90 Å². The highest BCUT2D eigenvalue weighted by molar-refractivity contribution is 6.29. The normalized spacial score (nSPS) is 11.5. The molecular formula is C14H17ClF3NO2. The Bertz CT molecular complexity index is 492. The molecule has 1 aromatic rings. The summed E-state index contributed by atoms with van der Waals surface area (Å²) >= 11 is 5.50. The van der Waals surface area contributed by atoms with Gasteiger partial charge in [0.05, 0.1) is 11.3 Å². The molecule has 3 nitrogen and oxygen atoms in total. The molecule has 0 N–H and O–H groups in total. The van der Waals surface area contributed by atoms with Crippen LogP contribution in [0.15, 0.2) is 18.2 Å². The molecule has 1 aromatic carbocycles. The van der Waals surface area contributed by atoms with Gasteiger partial charge in [-0.2, -0.15) is 13.2 Å². The van der Waals surface area contributed by atoms with Gasteiger partial charge in [0, 0.05) is 7.11 Å². The predicted octanol–water partition coefficient (Wildman–Crippen LogP) is 3.83. The quantitative estimate of drug-likeness (QED) is 0.588. The number of amides is 1. The maximum absolute atomic E-state index is 13.2. The van der Waals surface area contributed by atoms with E-state index in [1.54, 1.807) is 6.07 Å². The number of nitrogens with zero attached hydrogens (tertiary/aromatic N) is 1. The maximum Gasteiger partial charge on any atom is 0.418 e. The van der Waals surface area contributed by atoms with Gasteiger partial charge in [0.25, 0.3) is 0 Å². The van der Waals surface area contributed by atoms with Gasteiger partial charge in [-0.25, -0.2) is 0 Å². The van der Waals surface area contributed by atoms with Crippen LogP contribution >= 0.6 is 11.6 Å². The molecule has 0 saturated heterocycles. The molecule has 21 heavy (non-hydrogen) atoms. The number of rotatable bonds is 6. The third-order valence-corrected chi connectivity index (χ3v) is 3.12. The summed E-state index contributed by atoms with van der Waals surface area (Å²) in [6.07, 6.45) is -3.48. The van der Waals surface area contributed by atoms with E-state index in [-0.39, 0.29) is 12.4 Å². The summed E-state index contributed by atoms with van der Waals surface area (Å²) in [7, 11) is 1.31. The number of hydrogen-bond donors (Lipinski definition) is 0. The van der Waals surface area contributed by atoms with Crippen LogP contribution in [-0.4, -0.2) is 25.6 Å². The van der Waals surface area contributed by atoms with Gasteiger partial charge >= 0.3 is 6.18 Å². The molecule has 0 saturated carbocycles. The lowest BCUT2D eigenvalue weighted by molar-refractivity contribution is -0.137. The highest BCUT2D eigenvalue weighted by Gasteiger charge is 2.37. The van der Waals surface area contributed by atoms with E-state index in [1.807, 2.05) is 6.92 Å². The number of benzene rings is 1. The number of methoxy groups -OCH3 is 1. The Labute approximate surface area is 126 Å². The van der Waals surface area contributed by atoms with E-state index in [1.165, 1.54) is 13.2 Å². The monoisotopic (exact) mass is 323 g/mol. The van der Waals surface area contributed by atoms with Crippen molar-refractivity contribution < 1.29 is 22.7 Å². The molecule has 0 spiro atoms. The van der Waals surface area contributed by atoms with E-state index in [4.69, 9.17) is 16.3 Å². The molecule has 0 bridgehead atoms. The highest BCUT2D eigenvalue weighted by Crippen LogP contribution is 2.39. The number of carbonyl (C=O) groups is 1. The van der Waals surface area contributed by atoms with Crippen LogP contribution in [0.3, 0.4) is 0 Å². The van der Waals surface area contributed by atoms with Gasteiger partial charge in [0.1, 0.15) is 12.6 Å². The molecule has 0 unspecified atom stereocenters. The van der Waals surface area contributed by atoms with E-state index in [0.29, 0.717) is 18.4 Å². The first kappa shape index (κ1) is 17.8. The summed E-state index contributed by atoms with van der Waals surface area (Å²) < 4.78 is 44.5. The number of anilines is 1. The van der Waals surface area contributed by atoms with Crippen LogP contribution in [-0.2, 0) is 22.1 Å². The zero-order chi connectivity index (χ0) is 16.0. The second-order valence-corrected chi connectivity index (χ2v) is 4.70. The minimum absolute atomic E-state index is 0.167. The van der Waals surface area contributed by atoms with Crippen LogP contribution in [0.4, 0.5) is 18.9 Å². The van der Waals surface area contributed by atoms with E-state index in [0.717, 1.165) is 11.0 Å². The standard InChI is InChI=1S/C14H17ClF3NO2/c1-3-5-10-6-4-7-11(14(16,17)18)13(10)19(9-21-2)12(20)8-15/h4,6-7H,3,5,8-9H2,1-2H3. The average Bonchev–Trinajstić information content (AvgIpc) is 2.43. The van der Waals surface area contributed by atoms with Gasteiger partial charge in [-0.1, -0.05) is 25.5 Å². The Balaban J connectivity index is 3.49. The zero-order valence-electron chi connectivity index (χ0n) is 11.8. The molecule has 0 aliphatic rings. The Morgan fingerprint density at radius 2 is 2.05 bits per heavy atom. The number of aryl methyl sites for hydroxylation is 1. The number of alkyl halides is 4. The molecule has 0 radical (unpaired) electrons. The summed E-state index contributed by atoms with van der Waals surface area (Å²) in [6, 6.07) is 3.88. The first-order valence-electron chi connectivity index (χ1n) is 6.41. The minimum atomic E-state index is -4.56. The van der Waals surface area contributed by atoms with Crippen LogP contribution in [0.2, 0.25) is 0 Å². The first-order chi connectivity index (χ1) is 9.86. The maximum atomic E-state index is 13.2. The van der Waals surface area contributed by atoms with Gasteiger partial charge in [0.15, 0.2) is 0 Å². The Morgan fingerprint density at radius 1 is 1.38 bits per heavy atom. The number of hydrogen-bond acceptors (Lipinski definition) is 2. The molecule has 0 fully saturated rings. The van der Waals surface area contributed by atoms with Gasteiger partial charge < -0.3 is 4.74 Å². The van der Waals surface area contributed by atoms with Crippen molar-refractivity contribution in [3.63, 3.8) is 0 Å². The SMILES string of the molecule is CCCc1cccc(C(F)(F)F)c1N(COC)C(=O)CCl. The summed E-state index contributed by atoms with van der Waals surface area (Å²) in [5.41, 5.74) is -0.578.